The number of alkyl halides is 6. The summed E-state index contributed by atoms with van der Waals surface area (Å²) in [4.78, 5) is 9.23. The molecule has 0 bridgehead atoms. The molecule has 0 radical (unpaired) electrons. The van der Waals surface area contributed by atoms with Gasteiger partial charge in [0, 0.05) is 29.5 Å². The van der Waals surface area contributed by atoms with Crippen molar-refractivity contribution in [3.63, 3.8) is 0 Å². The predicted molar refractivity (Wildman–Crippen MR) is 151 cm³/mol. The zero-order chi connectivity index (χ0) is 30.0. The number of rotatable bonds is 13. The number of hydrogen-bond donors (Lipinski definition) is 3. The van der Waals surface area contributed by atoms with E-state index in [0.717, 1.165) is 62.8 Å². The molecule has 1 aromatic heterocycles. The van der Waals surface area contributed by atoms with Crippen LogP contribution in [0.5, 0.6) is 0 Å². The highest BCUT2D eigenvalue weighted by Gasteiger charge is 2.33. The molecule has 11 heteroatoms. The number of anilines is 2. The van der Waals surface area contributed by atoms with Crippen LogP contribution in [0.3, 0.4) is 0 Å². The lowest BCUT2D eigenvalue weighted by Crippen LogP contribution is -2.22. The van der Waals surface area contributed by atoms with Gasteiger partial charge in [-0.15, -0.1) is 0 Å². The van der Waals surface area contributed by atoms with Gasteiger partial charge in [0.05, 0.1) is 11.1 Å². The molecule has 0 amide bonds. The molecule has 3 aromatic rings. The number of fused-ring (bicyclic) bond motifs is 1. The summed E-state index contributed by atoms with van der Waals surface area (Å²) < 4.78 is 79.7. The van der Waals surface area contributed by atoms with Crippen LogP contribution in [0.2, 0.25) is 0 Å². The molecule has 0 aliphatic carbocycles. The fraction of sp³-hybridized carbons (Fsp3) is 0.400. The van der Waals surface area contributed by atoms with E-state index in [0.29, 0.717) is 46.1 Å². The molecule has 0 spiro atoms. The summed E-state index contributed by atoms with van der Waals surface area (Å²) in [5, 5.41) is 7.01. The van der Waals surface area contributed by atoms with Crippen LogP contribution in [0, 0.1) is 5.92 Å². The minimum Gasteiger partial charge on any atom is -0.405 e. The predicted octanol–water partition coefficient (Wildman–Crippen LogP) is 7.85. The molecule has 41 heavy (non-hydrogen) atoms. The van der Waals surface area contributed by atoms with Crippen LogP contribution in [0.1, 0.15) is 50.1 Å². The Morgan fingerprint density at radius 1 is 1.02 bits per heavy atom. The van der Waals surface area contributed by atoms with E-state index < -0.39 is 23.5 Å². The summed E-state index contributed by atoms with van der Waals surface area (Å²) in [6, 6.07) is 9.29. The molecular formula is C30H35F6N5. The molecule has 1 heterocycles. The Morgan fingerprint density at radius 2 is 1.76 bits per heavy atom. The third kappa shape index (κ3) is 9.77. The summed E-state index contributed by atoms with van der Waals surface area (Å²) in [5.74, 6) is 1.40. The van der Waals surface area contributed by atoms with Gasteiger partial charge in [0.15, 0.2) is 0 Å². The Balaban J connectivity index is 1.90. The van der Waals surface area contributed by atoms with E-state index >= 15 is 0 Å². The normalized spacial score (nSPS) is 13.7. The summed E-state index contributed by atoms with van der Waals surface area (Å²) >= 11 is 0. The fourth-order valence-electron chi connectivity index (χ4n) is 4.38. The molecule has 5 nitrogen and oxygen atoms in total. The maximum Gasteiger partial charge on any atom is 0.416 e. The van der Waals surface area contributed by atoms with Gasteiger partial charge in [-0.05, 0) is 86.1 Å². The zero-order valence-corrected chi connectivity index (χ0v) is 23.0. The summed E-state index contributed by atoms with van der Waals surface area (Å²) in [6.07, 6.45) is -2.80. The van der Waals surface area contributed by atoms with Crippen molar-refractivity contribution in [3.8, 4) is 0 Å². The quantitative estimate of drug-likeness (QED) is 0.109. The van der Waals surface area contributed by atoms with E-state index in [-0.39, 0.29) is 6.42 Å². The van der Waals surface area contributed by atoms with Gasteiger partial charge in [-0.2, -0.15) is 26.3 Å². The van der Waals surface area contributed by atoms with Gasteiger partial charge in [-0.3, -0.25) is 0 Å². The highest BCUT2D eigenvalue weighted by molar-refractivity contribution is 5.91. The molecular weight excluding hydrogens is 544 g/mol. The number of nitrogens with one attached hydrogen (secondary N) is 2. The number of benzene rings is 2. The molecule has 222 valence electrons. The minimum absolute atomic E-state index is 0.360. The SMILES string of the molecule is CCCC(C)CNCCCc1nc(Nc2ccc(C(F)(F)F)cc2)c2ccc(C/C(=C\C=C/N)C(F)(F)F)cc2n1. The van der Waals surface area contributed by atoms with Crippen molar-refractivity contribution in [3.05, 3.63) is 83.3 Å². The average molecular weight is 580 g/mol. The van der Waals surface area contributed by atoms with Gasteiger partial charge >= 0.3 is 12.4 Å². The van der Waals surface area contributed by atoms with Crippen molar-refractivity contribution in [2.75, 3.05) is 18.4 Å². The second-order valence-corrected chi connectivity index (χ2v) is 9.99. The van der Waals surface area contributed by atoms with E-state index in [2.05, 4.69) is 34.4 Å². The number of hydrogen-bond acceptors (Lipinski definition) is 5. The molecule has 0 saturated carbocycles. The maximum absolute atomic E-state index is 13.6. The van der Waals surface area contributed by atoms with Crippen molar-refractivity contribution in [2.24, 2.45) is 11.7 Å². The van der Waals surface area contributed by atoms with E-state index in [4.69, 9.17) is 5.73 Å². The summed E-state index contributed by atoms with van der Waals surface area (Å²) in [6.45, 7) is 5.97. The molecule has 2 aromatic carbocycles. The molecule has 0 saturated heterocycles. The summed E-state index contributed by atoms with van der Waals surface area (Å²) in [5.41, 5.74) is 4.89. The molecule has 0 aliphatic heterocycles. The average Bonchev–Trinajstić information content (AvgIpc) is 2.90. The number of halogens is 6. The first-order valence-corrected chi connectivity index (χ1v) is 13.5. The highest BCUT2D eigenvalue weighted by Crippen LogP contribution is 2.33. The number of nitrogens with two attached hydrogens (primary N) is 1. The van der Waals surface area contributed by atoms with E-state index in [1.54, 1.807) is 18.2 Å². The third-order valence-electron chi connectivity index (χ3n) is 6.48. The van der Waals surface area contributed by atoms with Gasteiger partial charge in [0.25, 0.3) is 0 Å². The fourth-order valence-corrected chi connectivity index (χ4v) is 4.38. The lowest BCUT2D eigenvalue weighted by atomic mass is 10.0. The van der Waals surface area contributed by atoms with Crippen molar-refractivity contribution < 1.29 is 26.3 Å². The van der Waals surface area contributed by atoms with Crippen LogP contribution in [0.15, 0.2) is 66.4 Å². The minimum atomic E-state index is -4.54. The lowest BCUT2D eigenvalue weighted by molar-refractivity contribution is -0.137. The Kier molecular flexibility index (Phi) is 11.2. The standard InChI is InChI=1S/C30H35F6N5/c1-3-6-20(2)19-38-16-5-8-27-40-26-18-21(17-23(7-4-15-37)30(34,35)36)9-14-25(26)28(41-27)39-24-12-10-22(11-13-24)29(31,32)33/h4,7,9-15,18,20,38H,3,5-6,8,16-17,19,37H2,1-2H3,(H,39,40,41)/b15-4-,23-7+. The largest absolute Gasteiger partial charge is 0.416 e. The number of aryl methyl sites for hydroxylation is 1. The first-order chi connectivity index (χ1) is 19.4. The Labute approximate surface area is 236 Å². The Morgan fingerprint density at radius 3 is 2.39 bits per heavy atom. The second-order valence-electron chi connectivity index (χ2n) is 9.99. The highest BCUT2D eigenvalue weighted by atomic mass is 19.4. The van der Waals surface area contributed by atoms with Gasteiger partial charge in [0.1, 0.15) is 11.6 Å². The second kappa shape index (κ2) is 14.3. The van der Waals surface area contributed by atoms with Gasteiger partial charge in [-0.1, -0.05) is 32.4 Å². The number of nitrogens with zero attached hydrogens (tertiary/aromatic N) is 2. The van der Waals surface area contributed by atoms with Crippen LogP contribution in [-0.4, -0.2) is 29.2 Å². The third-order valence-corrected chi connectivity index (χ3v) is 6.48. The van der Waals surface area contributed by atoms with Crippen LogP contribution in [0.4, 0.5) is 37.8 Å². The van der Waals surface area contributed by atoms with Crippen LogP contribution < -0.4 is 16.4 Å². The molecule has 4 N–H and O–H groups in total. The molecule has 1 unspecified atom stereocenters. The Bertz CT molecular complexity index is 1330. The van der Waals surface area contributed by atoms with Crippen LogP contribution >= 0.6 is 0 Å². The summed E-state index contributed by atoms with van der Waals surface area (Å²) in [7, 11) is 0. The van der Waals surface area contributed by atoms with Crippen LogP contribution in [0.25, 0.3) is 10.9 Å². The van der Waals surface area contributed by atoms with Crippen molar-refractivity contribution in [2.45, 2.75) is 58.3 Å². The number of aromatic nitrogens is 2. The first kappa shape index (κ1) is 31.9. The van der Waals surface area contributed by atoms with Crippen molar-refractivity contribution >= 4 is 22.4 Å². The molecule has 0 aliphatic rings. The molecule has 3 rings (SSSR count). The van der Waals surface area contributed by atoms with E-state index in [1.165, 1.54) is 12.1 Å². The first-order valence-electron chi connectivity index (χ1n) is 13.5. The van der Waals surface area contributed by atoms with Crippen molar-refractivity contribution in [1.82, 2.24) is 15.3 Å². The van der Waals surface area contributed by atoms with Crippen molar-refractivity contribution in [1.29, 1.82) is 0 Å². The van der Waals surface area contributed by atoms with E-state index in [9.17, 15) is 26.3 Å². The van der Waals surface area contributed by atoms with Gasteiger partial charge in [0.2, 0.25) is 0 Å². The van der Waals surface area contributed by atoms with E-state index in [1.807, 2.05) is 0 Å². The monoisotopic (exact) mass is 579 g/mol. The molecule has 0 fully saturated rings. The molecule has 1 atom stereocenters. The van der Waals surface area contributed by atoms with Gasteiger partial charge < -0.3 is 16.4 Å². The smallest absolute Gasteiger partial charge is 0.405 e. The van der Waals surface area contributed by atoms with Gasteiger partial charge in [-0.25, -0.2) is 9.97 Å². The van der Waals surface area contributed by atoms with Crippen LogP contribution in [-0.2, 0) is 19.0 Å². The topological polar surface area (TPSA) is 75.9 Å². The zero-order valence-electron chi connectivity index (χ0n) is 23.0. The lowest BCUT2D eigenvalue weighted by Gasteiger charge is -2.15. The number of allylic oxidation sites excluding steroid dienone is 3. The Hall–Kier alpha value is -3.60. The maximum atomic E-state index is 13.6.